The Hall–Kier alpha value is -2.49. The molecule has 0 N–H and O–H groups in total. The molecule has 0 saturated heterocycles. The van der Waals surface area contributed by atoms with Crippen LogP contribution in [0.5, 0.6) is 5.75 Å². The first-order valence-electron chi connectivity index (χ1n) is 8.98. The Morgan fingerprint density at radius 1 is 1.07 bits per heavy atom. The zero-order valence-electron chi connectivity index (χ0n) is 16.7. The predicted molar refractivity (Wildman–Crippen MR) is 111 cm³/mol. The van der Waals surface area contributed by atoms with Crippen LogP contribution in [-0.2, 0) is 13.9 Å². The zero-order chi connectivity index (χ0) is 20.9. The van der Waals surface area contributed by atoms with E-state index in [4.69, 9.17) is 9.26 Å². The third-order valence-electron chi connectivity index (χ3n) is 4.24. The Morgan fingerprint density at radius 3 is 2.14 bits per heavy atom. The van der Waals surface area contributed by atoms with Crippen LogP contribution in [-0.4, -0.2) is 24.5 Å². The third kappa shape index (κ3) is 4.67. The minimum Gasteiger partial charge on any atom is -0.485 e. The monoisotopic (exact) mass is 400 g/mol. The number of ketones is 1. The largest absolute Gasteiger partial charge is 0.485 e. The summed E-state index contributed by atoms with van der Waals surface area (Å²) in [6.07, 6.45) is 0. The second kappa shape index (κ2) is 9.13. The lowest BCUT2D eigenvalue weighted by Gasteiger charge is -2.20. The maximum absolute atomic E-state index is 13.5. The number of benzene rings is 2. The molecule has 2 aromatic carbocycles. The summed E-state index contributed by atoms with van der Waals surface area (Å²) < 4.78 is 24.6. The van der Waals surface area contributed by atoms with E-state index >= 15 is 0 Å². The minimum atomic E-state index is -3.74. The van der Waals surface area contributed by atoms with Gasteiger partial charge in [0.15, 0.2) is 12.4 Å². The maximum atomic E-state index is 13.5. The van der Waals surface area contributed by atoms with Gasteiger partial charge < -0.3 is 9.26 Å². The smallest absolute Gasteiger partial charge is 0.300 e. The molecular weight excluding hydrogens is 375 g/mol. The van der Waals surface area contributed by atoms with Gasteiger partial charge in [-0.1, -0.05) is 24.8 Å². The molecule has 1 atom stereocenters. The Balaban J connectivity index is 2.40. The molecule has 0 aromatic heterocycles. The van der Waals surface area contributed by atoms with Crippen molar-refractivity contribution in [3.8, 4) is 5.75 Å². The van der Waals surface area contributed by atoms with Crippen molar-refractivity contribution in [3.05, 3.63) is 71.3 Å². The first-order chi connectivity index (χ1) is 13.2. The Morgan fingerprint density at radius 2 is 1.64 bits per heavy atom. The SMILES string of the molecule is C=C(C)C(=O)COc1cc(C)c(C(=O)P(=O)(OCC)c2ccccc2)c(C)c1. The topological polar surface area (TPSA) is 69.7 Å². The van der Waals surface area contributed by atoms with Crippen LogP contribution in [0.1, 0.15) is 35.3 Å². The van der Waals surface area contributed by atoms with Crippen molar-refractivity contribution in [2.45, 2.75) is 27.7 Å². The fraction of sp³-hybridized carbons (Fsp3) is 0.273. The molecule has 0 heterocycles. The summed E-state index contributed by atoms with van der Waals surface area (Å²) in [5, 5.41) is 0.369. The zero-order valence-corrected chi connectivity index (χ0v) is 17.5. The van der Waals surface area contributed by atoms with E-state index in [9.17, 15) is 14.2 Å². The van der Waals surface area contributed by atoms with Gasteiger partial charge in [-0.15, -0.1) is 0 Å². The average Bonchev–Trinajstić information content (AvgIpc) is 2.66. The van der Waals surface area contributed by atoms with Gasteiger partial charge in [0.05, 0.1) is 6.61 Å². The highest BCUT2D eigenvalue weighted by Crippen LogP contribution is 2.50. The molecule has 0 bridgehead atoms. The maximum Gasteiger partial charge on any atom is 0.300 e. The summed E-state index contributed by atoms with van der Waals surface area (Å²) >= 11 is 0. The van der Waals surface area contributed by atoms with E-state index in [2.05, 4.69) is 6.58 Å². The molecule has 0 spiro atoms. The molecule has 0 aliphatic carbocycles. The van der Waals surface area contributed by atoms with Gasteiger partial charge in [0.25, 0.3) is 5.52 Å². The minimum absolute atomic E-state index is 0.122. The number of hydrogen-bond donors (Lipinski definition) is 0. The lowest BCUT2D eigenvalue weighted by Crippen LogP contribution is -2.18. The molecule has 1 unspecified atom stereocenters. The van der Waals surface area contributed by atoms with Crippen molar-refractivity contribution in [1.29, 1.82) is 0 Å². The number of Topliss-reactive ketones (excluding diaryl/α,β-unsaturated/α-hetero) is 1. The summed E-state index contributed by atoms with van der Waals surface area (Å²) in [6, 6.07) is 11.8. The van der Waals surface area contributed by atoms with Crippen LogP contribution >= 0.6 is 7.37 Å². The lowest BCUT2D eigenvalue weighted by atomic mass is 10.0. The van der Waals surface area contributed by atoms with Crippen molar-refractivity contribution in [1.82, 2.24) is 0 Å². The molecule has 2 aromatic rings. The van der Waals surface area contributed by atoms with Crippen molar-refractivity contribution in [2.24, 2.45) is 0 Å². The van der Waals surface area contributed by atoms with E-state index in [1.807, 2.05) is 0 Å². The summed E-state index contributed by atoms with van der Waals surface area (Å²) in [5.41, 5.74) is 1.44. The van der Waals surface area contributed by atoms with E-state index in [1.54, 1.807) is 70.2 Å². The number of ether oxygens (including phenoxy) is 1. The fourth-order valence-electron chi connectivity index (χ4n) is 2.82. The summed E-state index contributed by atoms with van der Waals surface area (Å²) in [6.45, 7) is 10.4. The van der Waals surface area contributed by atoms with Crippen molar-refractivity contribution in [3.63, 3.8) is 0 Å². The van der Waals surface area contributed by atoms with Gasteiger partial charge in [0.2, 0.25) is 0 Å². The van der Waals surface area contributed by atoms with Crippen LogP contribution in [0.15, 0.2) is 54.6 Å². The molecule has 0 aliphatic heterocycles. The molecule has 6 heteroatoms. The summed E-state index contributed by atoms with van der Waals surface area (Å²) in [4.78, 5) is 25.0. The summed E-state index contributed by atoms with van der Waals surface area (Å²) in [7, 11) is -3.74. The lowest BCUT2D eigenvalue weighted by molar-refractivity contribution is -0.117. The molecule has 0 aliphatic rings. The van der Waals surface area contributed by atoms with Crippen LogP contribution in [0.3, 0.4) is 0 Å². The normalized spacial score (nSPS) is 12.9. The summed E-state index contributed by atoms with van der Waals surface area (Å²) in [5.74, 6) is 0.271. The van der Waals surface area contributed by atoms with Gasteiger partial charge >= 0.3 is 7.37 Å². The third-order valence-corrected chi connectivity index (χ3v) is 6.60. The Kier molecular flexibility index (Phi) is 7.11. The highest BCUT2D eigenvalue weighted by molar-refractivity contribution is 7.83. The number of aryl methyl sites for hydroxylation is 2. The van der Waals surface area contributed by atoms with Crippen molar-refractivity contribution < 1.29 is 23.4 Å². The molecule has 0 amide bonds. The fourth-order valence-corrected chi connectivity index (χ4v) is 4.90. The van der Waals surface area contributed by atoms with Gasteiger partial charge in [-0.25, -0.2) is 0 Å². The van der Waals surface area contributed by atoms with Gasteiger partial charge in [0, 0.05) is 10.9 Å². The van der Waals surface area contributed by atoms with Gasteiger partial charge in [-0.3, -0.25) is 14.2 Å². The first-order valence-corrected chi connectivity index (χ1v) is 10.6. The second-order valence-electron chi connectivity index (χ2n) is 6.53. The van der Waals surface area contributed by atoms with Gasteiger partial charge in [-0.2, -0.15) is 0 Å². The molecule has 0 radical (unpaired) electrons. The molecule has 148 valence electrons. The molecule has 0 fully saturated rings. The number of hydrogen-bond acceptors (Lipinski definition) is 5. The highest BCUT2D eigenvalue weighted by atomic mass is 31.2. The van der Waals surface area contributed by atoms with E-state index in [0.29, 0.717) is 33.3 Å². The molecule has 28 heavy (non-hydrogen) atoms. The Labute approximate surface area is 165 Å². The van der Waals surface area contributed by atoms with E-state index < -0.39 is 12.9 Å². The predicted octanol–water partition coefficient (Wildman–Crippen LogP) is 4.61. The van der Waals surface area contributed by atoms with Gasteiger partial charge in [0.1, 0.15) is 5.75 Å². The standard InChI is InChI=1S/C22H25O5P/c1-6-27-28(25,19-10-8-7-9-11-19)22(24)21-16(4)12-18(13-17(21)5)26-14-20(23)15(2)3/h7-13H,2,6,14H2,1,3-5H3. The number of carbonyl (C=O) groups excluding carboxylic acids is 2. The van der Waals surface area contributed by atoms with Crippen LogP contribution in [0.2, 0.25) is 0 Å². The van der Waals surface area contributed by atoms with Crippen molar-refractivity contribution >= 4 is 24.0 Å². The molecule has 0 saturated carbocycles. The molecule has 5 nitrogen and oxygen atoms in total. The van der Waals surface area contributed by atoms with Crippen LogP contribution in [0.4, 0.5) is 0 Å². The van der Waals surface area contributed by atoms with E-state index in [0.717, 1.165) is 0 Å². The van der Waals surface area contributed by atoms with Gasteiger partial charge in [-0.05, 0) is 68.7 Å². The van der Waals surface area contributed by atoms with Crippen LogP contribution in [0, 0.1) is 13.8 Å². The Bertz CT molecular complexity index is 924. The quantitative estimate of drug-likeness (QED) is 0.454. The number of rotatable bonds is 9. The van der Waals surface area contributed by atoms with Crippen molar-refractivity contribution in [2.75, 3.05) is 13.2 Å². The average molecular weight is 400 g/mol. The molecule has 2 rings (SSSR count). The number of carbonyl (C=O) groups is 2. The van der Waals surface area contributed by atoms with Crippen LogP contribution in [0.25, 0.3) is 0 Å². The first kappa shape index (κ1) is 21.8. The highest BCUT2D eigenvalue weighted by Gasteiger charge is 2.37. The molecular formula is C22H25O5P. The van der Waals surface area contributed by atoms with E-state index in [1.165, 1.54) is 0 Å². The second-order valence-corrected chi connectivity index (χ2v) is 8.82. The van der Waals surface area contributed by atoms with E-state index in [-0.39, 0.29) is 19.0 Å². The van der Waals surface area contributed by atoms with Crippen LogP contribution < -0.4 is 10.0 Å².